The van der Waals surface area contributed by atoms with Gasteiger partial charge in [-0.15, -0.1) is 0 Å². The fourth-order valence-electron chi connectivity index (χ4n) is 2.70. The van der Waals surface area contributed by atoms with Crippen LogP contribution in [0.1, 0.15) is 58.8 Å². The number of ether oxygens (including phenoxy) is 1. The van der Waals surface area contributed by atoms with E-state index < -0.39 is 0 Å². The number of nitrogens with one attached hydrogen (secondary N) is 1. The van der Waals surface area contributed by atoms with Crippen LogP contribution in [0, 0.1) is 5.92 Å². The smallest absolute Gasteiger partial charge is 0.0581 e. The Balaban J connectivity index is 2.14. The van der Waals surface area contributed by atoms with Crippen molar-refractivity contribution in [3.05, 3.63) is 0 Å². The lowest BCUT2D eigenvalue weighted by molar-refractivity contribution is -0.0360. The molecule has 1 rings (SSSR count). The summed E-state index contributed by atoms with van der Waals surface area (Å²) in [5.74, 6) is 0.920. The van der Waals surface area contributed by atoms with Gasteiger partial charge in [0.05, 0.1) is 12.2 Å². The summed E-state index contributed by atoms with van der Waals surface area (Å²) in [4.78, 5) is 0. The highest BCUT2D eigenvalue weighted by Gasteiger charge is 2.22. The predicted molar refractivity (Wildman–Crippen MR) is 69.7 cm³/mol. The van der Waals surface area contributed by atoms with Crippen LogP contribution < -0.4 is 5.32 Å². The molecule has 0 aliphatic heterocycles. The van der Waals surface area contributed by atoms with Crippen LogP contribution >= 0.6 is 0 Å². The van der Waals surface area contributed by atoms with E-state index in [9.17, 15) is 0 Å². The number of hydrogen-bond donors (Lipinski definition) is 1. The predicted octanol–water partition coefficient (Wildman–Crippen LogP) is 3.36. The molecule has 1 aliphatic carbocycles. The van der Waals surface area contributed by atoms with Crippen molar-refractivity contribution in [2.45, 2.75) is 71.0 Å². The van der Waals surface area contributed by atoms with Crippen molar-refractivity contribution in [1.82, 2.24) is 5.32 Å². The molecule has 0 heterocycles. The van der Waals surface area contributed by atoms with Gasteiger partial charge in [-0.3, -0.25) is 0 Å². The minimum Gasteiger partial charge on any atom is -0.375 e. The Morgan fingerprint density at radius 1 is 1.38 bits per heavy atom. The standard InChI is InChI=1S/C14H29NO/c1-4-13-8-5-9-14(11-13)16-12(2)7-6-10-15-3/h12-15H,4-11H2,1-3H3. The molecule has 0 bridgehead atoms. The van der Waals surface area contributed by atoms with E-state index in [1.165, 1.54) is 44.9 Å². The molecule has 3 unspecified atom stereocenters. The van der Waals surface area contributed by atoms with Gasteiger partial charge in [-0.05, 0) is 52.1 Å². The van der Waals surface area contributed by atoms with Gasteiger partial charge in [-0.25, -0.2) is 0 Å². The maximum absolute atomic E-state index is 6.14. The Kier molecular flexibility index (Phi) is 7.06. The first kappa shape index (κ1) is 14.0. The summed E-state index contributed by atoms with van der Waals surface area (Å²) in [5, 5.41) is 3.19. The Morgan fingerprint density at radius 2 is 2.19 bits per heavy atom. The number of hydrogen-bond acceptors (Lipinski definition) is 2. The fraction of sp³-hybridized carbons (Fsp3) is 1.00. The molecule has 2 heteroatoms. The lowest BCUT2D eigenvalue weighted by atomic mass is 9.85. The van der Waals surface area contributed by atoms with E-state index in [0.717, 1.165) is 12.5 Å². The molecular formula is C14H29NO. The summed E-state index contributed by atoms with van der Waals surface area (Å²) in [6.07, 6.45) is 10.1. The van der Waals surface area contributed by atoms with Crippen molar-refractivity contribution < 1.29 is 4.74 Å². The van der Waals surface area contributed by atoms with E-state index in [1.54, 1.807) is 0 Å². The van der Waals surface area contributed by atoms with Crippen LogP contribution in [0.25, 0.3) is 0 Å². The highest BCUT2D eigenvalue weighted by molar-refractivity contribution is 4.73. The summed E-state index contributed by atoms with van der Waals surface area (Å²) in [6, 6.07) is 0. The van der Waals surface area contributed by atoms with Crippen LogP contribution in [0.15, 0.2) is 0 Å². The minimum atomic E-state index is 0.439. The van der Waals surface area contributed by atoms with Gasteiger partial charge in [0, 0.05) is 0 Å². The molecule has 0 spiro atoms. The van der Waals surface area contributed by atoms with Crippen LogP contribution in [-0.2, 0) is 4.74 Å². The van der Waals surface area contributed by atoms with E-state index in [2.05, 4.69) is 19.2 Å². The van der Waals surface area contributed by atoms with E-state index in [0.29, 0.717) is 12.2 Å². The average molecular weight is 227 g/mol. The zero-order chi connectivity index (χ0) is 11.8. The molecule has 16 heavy (non-hydrogen) atoms. The Labute approximate surface area is 101 Å². The normalized spacial score (nSPS) is 27.9. The zero-order valence-electron chi connectivity index (χ0n) is 11.3. The lowest BCUT2D eigenvalue weighted by Gasteiger charge is -2.30. The third-order valence-electron chi connectivity index (χ3n) is 3.77. The molecule has 2 nitrogen and oxygen atoms in total. The molecule has 0 aromatic rings. The average Bonchev–Trinajstić information content (AvgIpc) is 2.29. The largest absolute Gasteiger partial charge is 0.375 e. The molecular weight excluding hydrogens is 198 g/mol. The second kappa shape index (κ2) is 8.08. The summed E-state index contributed by atoms with van der Waals surface area (Å²) < 4.78 is 6.14. The molecule has 1 fully saturated rings. The molecule has 0 saturated heterocycles. The summed E-state index contributed by atoms with van der Waals surface area (Å²) >= 11 is 0. The third-order valence-corrected chi connectivity index (χ3v) is 3.77. The number of rotatable bonds is 7. The molecule has 1 aliphatic rings. The molecule has 1 saturated carbocycles. The maximum atomic E-state index is 6.14. The highest BCUT2D eigenvalue weighted by atomic mass is 16.5. The second-order valence-electron chi connectivity index (χ2n) is 5.26. The van der Waals surface area contributed by atoms with Crippen LogP contribution in [0.5, 0.6) is 0 Å². The monoisotopic (exact) mass is 227 g/mol. The van der Waals surface area contributed by atoms with Crippen molar-refractivity contribution in [3.63, 3.8) is 0 Å². The van der Waals surface area contributed by atoms with Crippen molar-refractivity contribution in [3.8, 4) is 0 Å². The molecule has 3 atom stereocenters. The van der Waals surface area contributed by atoms with E-state index in [-0.39, 0.29) is 0 Å². The van der Waals surface area contributed by atoms with Gasteiger partial charge in [-0.1, -0.05) is 26.2 Å². The zero-order valence-corrected chi connectivity index (χ0v) is 11.3. The molecule has 96 valence electrons. The van der Waals surface area contributed by atoms with Crippen molar-refractivity contribution in [1.29, 1.82) is 0 Å². The summed E-state index contributed by atoms with van der Waals surface area (Å²) in [5.41, 5.74) is 0. The summed E-state index contributed by atoms with van der Waals surface area (Å²) in [6.45, 7) is 5.64. The Hall–Kier alpha value is -0.0800. The molecule has 0 aromatic carbocycles. The summed E-state index contributed by atoms with van der Waals surface area (Å²) in [7, 11) is 2.01. The van der Waals surface area contributed by atoms with Gasteiger partial charge in [-0.2, -0.15) is 0 Å². The first-order chi connectivity index (χ1) is 7.76. The minimum absolute atomic E-state index is 0.439. The van der Waals surface area contributed by atoms with Gasteiger partial charge in [0.25, 0.3) is 0 Å². The molecule has 0 radical (unpaired) electrons. The van der Waals surface area contributed by atoms with Gasteiger partial charge in [0.1, 0.15) is 0 Å². The van der Waals surface area contributed by atoms with Crippen molar-refractivity contribution in [2.75, 3.05) is 13.6 Å². The van der Waals surface area contributed by atoms with E-state index >= 15 is 0 Å². The van der Waals surface area contributed by atoms with Crippen molar-refractivity contribution >= 4 is 0 Å². The second-order valence-corrected chi connectivity index (χ2v) is 5.26. The van der Waals surface area contributed by atoms with Gasteiger partial charge in [0.2, 0.25) is 0 Å². The molecule has 1 N–H and O–H groups in total. The molecule has 0 amide bonds. The SMILES string of the molecule is CCC1CCCC(OC(C)CCCNC)C1. The van der Waals surface area contributed by atoms with Gasteiger partial charge < -0.3 is 10.1 Å². The Bertz CT molecular complexity index is 172. The van der Waals surface area contributed by atoms with E-state index in [4.69, 9.17) is 4.74 Å². The quantitative estimate of drug-likeness (QED) is 0.673. The first-order valence-electron chi connectivity index (χ1n) is 7.06. The van der Waals surface area contributed by atoms with Gasteiger partial charge in [0.15, 0.2) is 0 Å². The van der Waals surface area contributed by atoms with Crippen LogP contribution in [-0.4, -0.2) is 25.8 Å². The maximum Gasteiger partial charge on any atom is 0.0581 e. The van der Waals surface area contributed by atoms with Crippen molar-refractivity contribution in [2.24, 2.45) is 5.92 Å². The lowest BCUT2D eigenvalue weighted by Crippen LogP contribution is -2.26. The van der Waals surface area contributed by atoms with Crippen LogP contribution in [0.3, 0.4) is 0 Å². The third kappa shape index (κ3) is 5.31. The van der Waals surface area contributed by atoms with Gasteiger partial charge >= 0.3 is 0 Å². The Morgan fingerprint density at radius 3 is 2.88 bits per heavy atom. The first-order valence-corrected chi connectivity index (χ1v) is 7.06. The molecule has 0 aromatic heterocycles. The highest BCUT2D eigenvalue weighted by Crippen LogP contribution is 2.29. The van der Waals surface area contributed by atoms with Crippen LogP contribution in [0.2, 0.25) is 0 Å². The topological polar surface area (TPSA) is 21.3 Å². The van der Waals surface area contributed by atoms with Crippen LogP contribution in [0.4, 0.5) is 0 Å². The fourth-order valence-corrected chi connectivity index (χ4v) is 2.70. The van der Waals surface area contributed by atoms with E-state index in [1.807, 2.05) is 7.05 Å².